The molecule has 0 N–H and O–H groups in total. The van der Waals surface area contributed by atoms with Crippen molar-refractivity contribution in [2.45, 2.75) is 52.4 Å². The van der Waals surface area contributed by atoms with E-state index < -0.39 is 0 Å². The Morgan fingerprint density at radius 2 is 1.68 bits per heavy atom. The number of hydrogen-bond donors (Lipinski definition) is 0. The molecule has 0 saturated heterocycles. The number of nitrogens with zero attached hydrogens (tertiary/aromatic N) is 4. The molecule has 0 spiro atoms. The Balaban J connectivity index is 2.43. The maximum Gasteiger partial charge on any atom is 0.276 e. The monoisotopic (exact) mass is 262 g/mol. The minimum Gasteiger partial charge on any atom is -0.332 e. The smallest absolute Gasteiger partial charge is 0.276 e. The lowest BCUT2D eigenvalue weighted by Gasteiger charge is -2.13. The molecule has 2 heterocycles. The van der Waals surface area contributed by atoms with Crippen LogP contribution in [0.1, 0.15) is 53.1 Å². The number of hydrogen-bond acceptors (Lipinski definition) is 4. The molecule has 0 aliphatic carbocycles. The van der Waals surface area contributed by atoms with Crippen molar-refractivity contribution in [3.63, 3.8) is 0 Å². The van der Waals surface area contributed by atoms with Crippen LogP contribution in [0.5, 0.6) is 0 Å². The topological polar surface area (TPSA) is 56.7 Å². The predicted octanol–water partition coefficient (Wildman–Crippen LogP) is 3.07. The van der Waals surface area contributed by atoms with Crippen LogP contribution in [-0.4, -0.2) is 19.9 Å². The van der Waals surface area contributed by atoms with Crippen LogP contribution in [0.4, 0.5) is 0 Å². The van der Waals surface area contributed by atoms with Gasteiger partial charge >= 0.3 is 0 Å². The Morgan fingerprint density at radius 1 is 1.05 bits per heavy atom. The summed E-state index contributed by atoms with van der Waals surface area (Å²) < 4.78 is 7.15. The normalized spacial score (nSPS) is 13.0. The lowest BCUT2D eigenvalue weighted by Crippen LogP contribution is -2.13. The highest BCUT2D eigenvalue weighted by molar-refractivity contribution is 5.48. The van der Waals surface area contributed by atoms with Crippen molar-refractivity contribution in [1.29, 1.82) is 0 Å². The molecule has 0 unspecified atom stereocenters. The largest absolute Gasteiger partial charge is 0.332 e. The van der Waals surface area contributed by atoms with Crippen molar-refractivity contribution in [3.8, 4) is 11.6 Å². The van der Waals surface area contributed by atoms with Crippen molar-refractivity contribution >= 4 is 0 Å². The van der Waals surface area contributed by atoms with Gasteiger partial charge in [0.15, 0.2) is 5.82 Å². The minimum absolute atomic E-state index is 0.00287. The molecule has 0 fully saturated rings. The van der Waals surface area contributed by atoms with Gasteiger partial charge in [0.2, 0.25) is 0 Å². The minimum atomic E-state index is -0.118. The van der Waals surface area contributed by atoms with E-state index in [-0.39, 0.29) is 10.8 Å². The number of rotatable bonds is 1. The fourth-order valence-corrected chi connectivity index (χ4v) is 1.67. The van der Waals surface area contributed by atoms with Crippen LogP contribution in [0.3, 0.4) is 0 Å². The summed E-state index contributed by atoms with van der Waals surface area (Å²) >= 11 is 0. The van der Waals surface area contributed by atoms with Crippen LogP contribution in [0.15, 0.2) is 10.6 Å². The summed E-state index contributed by atoms with van der Waals surface area (Å²) in [5.74, 6) is 1.23. The molecule has 0 atom stereocenters. The molecular weight excluding hydrogens is 240 g/mol. The van der Waals surface area contributed by atoms with Gasteiger partial charge in [0.25, 0.3) is 5.89 Å². The van der Waals surface area contributed by atoms with E-state index in [2.05, 4.69) is 56.8 Å². The van der Waals surface area contributed by atoms with Gasteiger partial charge in [-0.2, -0.15) is 10.1 Å². The molecule has 2 aromatic rings. The van der Waals surface area contributed by atoms with Crippen molar-refractivity contribution in [1.82, 2.24) is 19.9 Å². The van der Waals surface area contributed by atoms with E-state index in [0.29, 0.717) is 11.7 Å². The fourth-order valence-electron chi connectivity index (χ4n) is 1.67. The van der Waals surface area contributed by atoms with E-state index in [1.807, 2.05) is 13.1 Å². The van der Waals surface area contributed by atoms with Gasteiger partial charge in [-0.1, -0.05) is 46.7 Å². The van der Waals surface area contributed by atoms with Gasteiger partial charge in [-0.3, -0.25) is 4.68 Å². The van der Waals surface area contributed by atoms with E-state index in [1.54, 1.807) is 4.68 Å². The van der Waals surface area contributed by atoms with E-state index in [0.717, 1.165) is 11.4 Å². The molecule has 0 aliphatic rings. The first kappa shape index (κ1) is 13.8. The highest BCUT2D eigenvalue weighted by atomic mass is 16.5. The summed E-state index contributed by atoms with van der Waals surface area (Å²) in [5, 5.41) is 8.57. The van der Waals surface area contributed by atoms with Gasteiger partial charge in [0, 0.05) is 17.9 Å². The highest BCUT2D eigenvalue weighted by Crippen LogP contribution is 2.27. The summed E-state index contributed by atoms with van der Waals surface area (Å²) in [4.78, 5) is 4.47. The first-order valence-corrected chi connectivity index (χ1v) is 6.48. The molecule has 0 radical (unpaired) electrons. The second kappa shape index (κ2) is 4.18. The van der Waals surface area contributed by atoms with E-state index in [1.165, 1.54) is 0 Å². The fraction of sp³-hybridized carbons (Fsp3) is 0.643. The van der Waals surface area contributed by atoms with E-state index >= 15 is 0 Å². The van der Waals surface area contributed by atoms with Crippen LogP contribution in [0, 0.1) is 0 Å². The van der Waals surface area contributed by atoms with Crippen molar-refractivity contribution in [2.24, 2.45) is 7.05 Å². The molecule has 0 aromatic carbocycles. The highest BCUT2D eigenvalue weighted by Gasteiger charge is 2.25. The van der Waals surface area contributed by atoms with Crippen LogP contribution in [-0.2, 0) is 17.9 Å². The molecule has 0 amide bonds. The second-order valence-electron chi connectivity index (χ2n) is 6.96. The average molecular weight is 262 g/mol. The molecule has 104 valence electrons. The van der Waals surface area contributed by atoms with Crippen molar-refractivity contribution in [2.75, 3.05) is 0 Å². The van der Waals surface area contributed by atoms with Gasteiger partial charge < -0.3 is 4.52 Å². The Morgan fingerprint density at radius 3 is 2.11 bits per heavy atom. The Labute approximate surface area is 114 Å². The molecule has 5 nitrogen and oxygen atoms in total. The Bertz CT molecular complexity index is 581. The first-order chi connectivity index (χ1) is 8.59. The van der Waals surface area contributed by atoms with E-state index in [9.17, 15) is 0 Å². The zero-order valence-electron chi connectivity index (χ0n) is 12.8. The summed E-state index contributed by atoms with van der Waals surface area (Å²) in [5.41, 5.74) is 1.75. The van der Waals surface area contributed by atoms with Crippen molar-refractivity contribution < 1.29 is 4.52 Å². The summed E-state index contributed by atoms with van der Waals surface area (Å²) in [6, 6.07) is 2.01. The molecule has 0 bridgehead atoms. The predicted molar refractivity (Wildman–Crippen MR) is 73.9 cm³/mol. The van der Waals surface area contributed by atoms with Gasteiger partial charge in [-0.05, 0) is 6.07 Å². The Hall–Kier alpha value is -1.65. The quantitative estimate of drug-likeness (QED) is 0.792. The van der Waals surface area contributed by atoms with Crippen LogP contribution in [0.2, 0.25) is 0 Å². The average Bonchev–Trinajstić information content (AvgIpc) is 2.80. The first-order valence-electron chi connectivity index (χ1n) is 6.48. The third-order valence-electron chi connectivity index (χ3n) is 2.96. The molecule has 0 aliphatic heterocycles. The van der Waals surface area contributed by atoms with E-state index in [4.69, 9.17) is 4.52 Å². The summed E-state index contributed by atoms with van der Waals surface area (Å²) in [6.07, 6.45) is 0. The zero-order valence-corrected chi connectivity index (χ0v) is 12.8. The van der Waals surface area contributed by atoms with Gasteiger partial charge in [0.05, 0.1) is 5.69 Å². The van der Waals surface area contributed by atoms with Crippen molar-refractivity contribution in [3.05, 3.63) is 17.6 Å². The number of aromatic nitrogens is 4. The molecular formula is C14H22N4O. The molecule has 2 rings (SSSR count). The SMILES string of the molecule is Cn1nc(C(C)(C)C)cc1-c1nc(C(C)(C)C)no1. The number of aryl methyl sites for hydroxylation is 1. The van der Waals surface area contributed by atoms with Crippen LogP contribution >= 0.6 is 0 Å². The van der Waals surface area contributed by atoms with Gasteiger partial charge in [-0.15, -0.1) is 0 Å². The Kier molecular flexibility index (Phi) is 3.03. The third kappa shape index (κ3) is 2.69. The molecule has 0 saturated carbocycles. The molecule has 2 aromatic heterocycles. The molecule has 19 heavy (non-hydrogen) atoms. The zero-order chi connectivity index (χ0) is 14.4. The van der Waals surface area contributed by atoms with Crippen LogP contribution in [0.25, 0.3) is 11.6 Å². The van der Waals surface area contributed by atoms with Gasteiger partial charge in [0.1, 0.15) is 5.69 Å². The lowest BCUT2D eigenvalue weighted by molar-refractivity contribution is 0.400. The lowest BCUT2D eigenvalue weighted by atomic mass is 9.92. The summed E-state index contributed by atoms with van der Waals surface area (Å²) in [7, 11) is 1.89. The third-order valence-corrected chi connectivity index (χ3v) is 2.96. The van der Waals surface area contributed by atoms with Gasteiger partial charge in [-0.25, -0.2) is 0 Å². The van der Waals surface area contributed by atoms with Crippen LogP contribution < -0.4 is 0 Å². The molecule has 5 heteroatoms. The second-order valence-corrected chi connectivity index (χ2v) is 6.96. The maximum atomic E-state index is 5.36. The summed E-state index contributed by atoms with van der Waals surface area (Å²) in [6.45, 7) is 12.6. The standard InChI is InChI=1S/C14H22N4O/c1-13(2,3)10-8-9(18(7)16-10)11-15-12(17-19-11)14(4,5)6/h8H,1-7H3. The maximum absolute atomic E-state index is 5.36.